The Morgan fingerprint density at radius 3 is 1.34 bits per heavy atom. The van der Waals surface area contributed by atoms with Crippen LogP contribution < -0.4 is 10.9 Å². The van der Waals surface area contributed by atoms with Crippen molar-refractivity contribution in [3.05, 3.63) is 199 Å². The van der Waals surface area contributed by atoms with Crippen molar-refractivity contribution < 1.29 is 0 Å². The Labute approximate surface area is 351 Å². The smallest absolute Gasteiger partial charge is 0.332 e. The average Bonchev–Trinajstić information content (AvgIpc) is 4.03. The SMILES string of the molecule is Cc1cccc2c3cccc(C)c3n(B3c4ccccc4-n4c5ccc(-n6c7ccccc7c7ccccc76)cc5c5cc(-n6c7ccccc7c7ccccc76)cc3c54)c12. The van der Waals surface area contributed by atoms with Crippen LogP contribution in [0.25, 0.3) is 104 Å². The summed E-state index contributed by atoms with van der Waals surface area (Å²) in [7, 11) is 0. The van der Waals surface area contributed by atoms with Crippen LogP contribution in [0.1, 0.15) is 11.1 Å². The summed E-state index contributed by atoms with van der Waals surface area (Å²) in [6.07, 6.45) is 0. The fourth-order valence-corrected chi connectivity index (χ4v) is 11.4. The van der Waals surface area contributed by atoms with Crippen molar-refractivity contribution >= 4 is 105 Å². The molecule has 0 unspecified atom stereocenters. The van der Waals surface area contributed by atoms with Gasteiger partial charge in [-0.2, -0.15) is 0 Å². The van der Waals surface area contributed by atoms with Gasteiger partial charge in [0.15, 0.2) is 0 Å². The third-order valence-corrected chi connectivity index (χ3v) is 13.8. The van der Waals surface area contributed by atoms with Gasteiger partial charge in [-0.1, -0.05) is 127 Å². The molecule has 0 radical (unpaired) electrons. The first-order valence-electron chi connectivity index (χ1n) is 21.3. The van der Waals surface area contributed by atoms with Crippen molar-refractivity contribution in [2.45, 2.75) is 13.8 Å². The van der Waals surface area contributed by atoms with Crippen LogP contribution in [-0.4, -0.2) is 25.0 Å². The molecule has 9 aromatic carbocycles. The molecule has 0 aliphatic carbocycles. The molecule has 0 spiro atoms. The van der Waals surface area contributed by atoms with E-state index in [1.165, 1.54) is 121 Å². The molecule has 4 aromatic heterocycles. The summed E-state index contributed by atoms with van der Waals surface area (Å²) in [4.78, 5) is 0. The van der Waals surface area contributed by atoms with Gasteiger partial charge in [0.1, 0.15) is 0 Å². The number of nitrogens with zero attached hydrogens (tertiary/aromatic N) is 4. The third-order valence-electron chi connectivity index (χ3n) is 13.8. The van der Waals surface area contributed by atoms with Gasteiger partial charge in [0.05, 0.1) is 33.1 Å². The van der Waals surface area contributed by atoms with Crippen LogP contribution in [0.2, 0.25) is 0 Å². The van der Waals surface area contributed by atoms with E-state index < -0.39 is 0 Å². The number of fused-ring (bicyclic) bond motifs is 14. The first-order chi connectivity index (χ1) is 30.1. The Morgan fingerprint density at radius 1 is 0.311 bits per heavy atom. The Morgan fingerprint density at radius 2 is 0.770 bits per heavy atom. The van der Waals surface area contributed by atoms with Crippen LogP contribution in [0.5, 0.6) is 0 Å². The summed E-state index contributed by atoms with van der Waals surface area (Å²) in [6.45, 7) is 4.46. The molecule has 0 fully saturated rings. The van der Waals surface area contributed by atoms with Gasteiger partial charge in [-0.05, 0) is 96.6 Å². The van der Waals surface area contributed by atoms with Gasteiger partial charge in [-0.3, -0.25) is 0 Å². The van der Waals surface area contributed by atoms with Crippen molar-refractivity contribution in [1.82, 2.24) is 18.2 Å². The molecule has 0 bridgehead atoms. The summed E-state index contributed by atoms with van der Waals surface area (Å²) in [5, 5.41) is 10.1. The molecule has 0 saturated carbocycles. The number of aryl methyl sites for hydroxylation is 2. The van der Waals surface area contributed by atoms with Crippen molar-refractivity contribution in [3.63, 3.8) is 0 Å². The van der Waals surface area contributed by atoms with E-state index >= 15 is 0 Å². The number of hydrogen-bond acceptors (Lipinski definition) is 0. The molecular weight excluding hydrogens is 739 g/mol. The molecule has 1 aliphatic heterocycles. The Hall–Kier alpha value is -7.76. The van der Waals surface area contributed by atoms with Crippen LogP contribution in [0.4, 0.5) is 0 Å². The summed E-state index contributed by atoms with van der Waals surface area (Å²) in [5.41, 5.74) is 18.6. The minimum absolute atomic E-state index is 0.0949. The highest BCUT2D eigenvalue weighted by Gasteiger charge is 2.37. The third kappa shape index (κ3) is 4.25. The minimum atomic E-state index is -0.0949. The van der Waals surface area contributed by atoms with Gasteiger partial charge < -0.3 is 18.2 Å². The second-order valence-corrected chi connectivity index (χ2v) is 17.0. The zero-order chi connectivity index (χ0) is 40.1. The van der Waals surface area contributed by atoms with Gasteiger partial charge in [0.25, 0.3) is 0 Å². The van der Waals surface area contributed by atoms with Crippen LogP contribution >= 0.6 is 0 Å². The van der Waals surface area contributed by atoms with E-state index in [4.69, 9.17) is 0 Å². The summed E-state index contributed by atoms with van der Waals surface area (Å²) in [5.74, 6) is 0. The molecule has 0 saturated heterocycles. The lowest BCUT2D eigenvalue weighted by atomic mass is 9.48. The van der Waals surface area contributed by atoms with Crippen LogP contribution in [0.3, 0.4) is 0 Å². The molecule has 0 N–H and O–H groups in total. The van der Waals surface area contributed by atoms with Crippen LogP contribution in [-0.2, 0) is 0 Å². The van der Waals surface area contributed by atoms with Gasteiger partial charge in [-0.15, -0.1) is 0 Å². The standard InChI is InChI=1S/C56H37BN4/c1-34-15-13-21-42-43-22-14-16-35(2)55(43)61(54(34)42)57-46-23-7-12-28-53(46)60-52-30-29-36(58-48-24-8-3-17-38(48)39-18-4-9-25-49(39)58)31-44(52)45-32-37(33-47(57)56(45)60)59-50-26-10-5-19-40(50)41-20-6-11-27-51(41)59/h3-33H,1-2H3. The Bertz CT molecular complexity index is 3870. The molecule has 14 rings (SSSR count). The lowest BCUT2D eigenvalue weighted by Gasteiger charge is -2.29. The van der Waals surface area contributed by atoms with Crippen molar-refractivity contribution in [3.8, 4) is 17.1 Å². The highest BCUT2D eigenvalue weighted by atomic mass is 15.0. The first kappa shape index (κ1) is 33.1. The predicted molar refractivity (Wildman–Crippen MR) is 259 cm³/mol. The van der Waals surface area contributed by atoms with E-state index in [-0.39, 0.29) is 6.85 Å². The maximum atomic E-state index is 2.68. The molecule has 0 atom stereocenters. The number of aromatic nitrogens is 4. The van der Waals surface area contributed by atoms with Crippen LogP contribution in [0, 0.1) is 13.8 Å². The van der Waals surface area contributed by atoms with Crippen molar-refractivity contribution in [2.24, 2.45) is 0 Å². The number of hydrogen-bond donors (Lipinski definition) is 0. The predicted octanol–water partition coefficient (Wildman–Crippen LogP) is 12.7. The molecule has 0 amide bonds. The molecule has 284 valence electrons. The van der Waals surface area contributed by atoms with Gasteiger partial charge in [0.2, 0.25) is 0 Å². The topological polar surface area (TPSA) is 19.7 Å². The minimum Gasteiger partial charge on any atom is -0.375 e. The molecule has 1 aliphatic rings. The van der Waals surface area contributed by atoms with E-state index in [1.54, 1.807) is 0 Å². The number of benzene rings is 9. The largest absolute Gasteiger partial charge is 0.375 e. The molecular formula is C56H37BN4. The van der Waals surface area contributed by atoms with Gasteiger partial charge in [-0.25, -0.2) is 0 Å². The maximum Gasteiger partial charge on any atom is 0.332 e. The Balaban J connectivity index is 1.18. The second kappa shape index (κ2) is 11.9. The van der Waals surface area contributed by atoms with Crippen molar-refractivity contribution in [1.29, 1.82) is 0 Å². The fourth-order valence-electron chi connectivity index (χ4n) is 11.4. The zero-order valence-electron chi connectivity index (χ0n) is 33.8. The van der Waals surface area contributed by atoms with E-state index in [0.717, 1.165) is 5.69 Å². The fraction of sp³-hybridized carbons (Fsp3) is 0.0357. The first-order valence-corrected chi connectivity index (χ1v) is 21.3. The molecule has 13 aromatic rings. The lowest BCUT2D eigenvalue weighted by Crippen LogP contribution is -2.53. The Kier molecular flexibility index (Phi) is 6.48. The van der Waals surface area contributed by atoms with Crippen molar-refractivity contribution in [2.75, 3.05) is 0 Å². The zero-order valence-corrected chi connectivity index (χ0v) is 33.8. The lowest BCUT2D eigenvalue weighted by molar-refractivity contribution is 1.16. The average molecular weight is 777 g/mol. The molecule has 5 heterocycles. The van der Waals surface area contributed by atoms with Gasteiger partial charge >= 0.3 is 6.85 Å². The van der Waals surface area contributed by atoms with Gasteiger partial charge in [0, 0.05) is 71.2 Å². The normalized spacial score (nSPS) is 12.7. The van der Waals surface area contributed by atoms with E-state index in [2.05, 4.69) is 220 Å². The number of para-hydroxylation sites is 7. The molecule has 4 nitrogen and oxygen atoms in total. The monoisotopic (exact) mass is 776 g/mol. The molecule has 61 heavy (non-hydrogen) atoms. The van der Waals surface area contributed by atoms with E-state index in [9.17, 15) is 0 Å². The highest BCUT2D eigenvalue weighted by molar-refractivity contribution is 6.88. The highest BCUT2D eigenvalue weighted by Crippen LogP contribution is 2.41. The maximum absolute atomic E-state index is 2.68. The second-order valence-electron chi connectivity index (χ2n) is 17.0. The van der Waals surface area contributed by atoms with E-state index in [1.807, 2.05) is 0 Å². The summed E-state index contributed by atoms with van der Waals surface area (Å²) < 4.78 is 10.2. The quantitative estimate of drug-likeness (QED) is 0.159. The van der Waals surface area contributed by atoms with Crippen LogP contribution in [0.15, 0.2) is 188 Å². The summed E-state index contributed by atoms with van der Waals surface area (Å²) in [6, 6.07) is 70.3. The van der Waals surface area contributed by atoms with E-state index in [0.29, 0.717) is 0 Å². The molecule has 5 heteroatoms. The summed E-state index contributed by atoms with van der Waals surface area (Å²) >= 11 is 0. The number of rotatable bonds is 3.